The van der Waals surface area contributed by atoms with E-state index in [4.69, 9.17) is 4.55 Å². The van der Waals surface area contributed by atoms with Gasteiger partial charge in [0.1, 0.15) is 0 Å². The molecule has 0 aromatic heterocycles. The predicted molar refractivity (Wildman–Crippen MR) is 125 cm³/mol. The smallest absolute Gasteiger partial charge is 0.281 e. The van der Waals surface area contributed by atoms with E-state index in [0.717, 1.165) is 0 Å². The first-order chi connectivity index (χ1) is 15.9. The van der Waals surface area contributed by atoms with Crippen molar-refractivity contribution >= 4 is 34.1 Å². The van der Waals surface area contributed by atoms with Gasteiger partial charge in [0, 0.05) is 0 Å². The molecule has 0 fully saturated rings. The van der Waals surface area contributed by atoms with E-state index in [-0.39, 0.29) is 24.0 Å². The second-order valence-corrected chi connectivity index (χ2v) is 8.38. The van der Waals surface area contributed by atoms with Gasteiger partial charge in [0.15, 0.2) is 0 Å². The number of hydrogen-bond acceptors (Lipinski definition) is 2. The molecule has 3 rings (SSSR count). The highest BCUT2D eigenvalue weighted by Gasteiger charge is 2.85. The summed E-state index contributed by atoms with van der Waals surface area (Å²) in [4.78, 5) is 0. The van der Waals surface area contributed by atoms with Crippen molar-refractivity contribution in [1.29, 1.82) is 0 Å². The predicted octanol–water partition coefficient (Wildman–Crippen LogP) is 7.94. The number of benzene rings is 3. The van der Waals surface area contributed by atoms with Gasteiger partial charge in [-0.25, -0.2) is 0 Å². The summed E-state index contributed by atoms with van der Waals surface area (Å²) < 4.78 is 134. The zero-order chi connectivity index (χ0) is 26.7. The molecular formula is C22H16F9IO3S. The molecule has 0 aliphatic rings. The summed E-state index contributed by atoms with van der Waals surface area (Å²) in [7, 11) is -7.17. The first-order valence-corrected chi connectivity index (χ1v) is 10.8. The van der Waals surface area contributed by atoms with Gasteiger partial charge in [0.25, 0.3) is 0 Å². The van der Waals surface area contributed by atoms with Crippen LogP contribution < -0.4 is 0 Å². The molecule has 198 valence electrons. The summed E-state index contributed by atoms with van der Waals surface area (Å²) in [6.45, 7) is 0. The van der Waals surface area contributed by atoms with Crippen molar-refractivity contribution < 1.29 is 52.5 Å². The first kappa shape index (κ1) is 31.7. The second kappa shape index (κ2) is 11.4. The van der Waals surface area contributed by atoms with E-state index in [2.05, 4.69) is 84.9 Å². The van der Waals surface area contributed by atoms with Crippen LogP contribution in [-0.2, 0) is 10.1 Å². The molecule has 0 saturated carbocycles. The number of rotatable bonds is 5. The molecule has 3 aromatic carbocycles. The molecule has 0 heterocycles. The highest BCUT2D eigenvalue weighted by Crippen LogP contribution is 2.54. The van der Waals surface area contributed by atoms with Gasteiger partial charge in [-0.3, -0.25) is 4.55 Å². The third kappa shape index (κ3) is 6.32. The molecule has 3 nitrogen and oxygen atoms in total. The van der Waals surface area contributed by atoms with Crippen LogP contribution in [0, 0.1) is 0 Å². The minimum Gasteiger partial charge on any atom is -0.281 e. The highest BCUT2D eigenvalue weighted by molar-refractivity contribution is 14.0. The quantitative estimate of drug-likeness (QED) is 0.172. The Hall–Kier alpha value is -2.33. The van der Waals surface area contributed by atoms with Crippen LogP contribution in [-0.4, -0.2) is 36.2 Å². The van der Waals surface area contributed by atoms with E-state index in [0.29, 0.717) is 0 Å². The molecule has 0 amide bonds. The largest absolute Gasteiger partial charge is 0.460 e. The number of hydrogen-bond donors (Lipinski definition) is 1. The minimum atomic E-state index is -7.37. The van der Waals surface area contributed by atoms with Gasteiger partial charge >= 0.3 is 33.4 Å². The monoisotopic (exact) mass is 658 g/mol. The average Bonchev–Trinajstić information content (AvgIpc) is 2.79. The fourth-order valence-corrected chi connectivity index (χ4v) is 3.20. The maximum absolute atomic E-state index is 12.2. The van der Waals surface area contributed by atoms with Crippen molar-refractivity contribution in [2.75, 3.05) is 0 Å². The third-order valence-corrected chi connectivity index (χ3v) is 5.44. The van der Waals surface area contributed by atoms with E-state index in [1.165, 1.54) is 22.3 Å². The summed E-state index contributed by atoms with van der Waals surface area (Å²) >= 11 is 0. The van der Waals surface area contributed by atoms with Crippen LogP contribution in [0.3, 0.4) is 0 Å². The summed E-state index contributed by atoms with van der Waals surface area (Å²) in [5.74, 6) is -14.7. The molecule has 14 heteroatoms. The van der Waals surface area contributed by atoms with E-state index in [1.807, 2.05) is 0 Å². The second-order valence-electron chi connectivity index (χ2n) is 6.92. The van der Waals surface area contributed by atoms with Crippen LogP contribution in [0.5, 0.6) is 0 Å². The Morgan fingerprint density at radius 1 is 0.528 bits per heavy atom. The molecule has 0 aliphatic heterocycles. The molecule has 0 aliphatic carbocycles. The van der Waals surface area contributed by atoms with Gasteiger partial charge in [-0.05, 0) is 22.3 Å². The molecule has 0 spiro atoms. The van der Waals surface area contributed by atoms with Gasteiger partial charge in [-0.2, -0.15) is 47.9 Å². The standard InChI is InChI=1S/C18H14.C4HF9O3S.HI/c1-3-9-15(10-4-1)17-13-7-8-14-18(17)16-11-5-2-6-12-16;5-1(6,3(9,10)11)2(7,8)4(12,13)17(14,15)16;/h1-14H;(H,14,15,16);1H. The van der Waals surface area contributed by atoms with Crippen LogP contribution >= 0.6 is 24.0 Å². The fourth-order valence-electron chi connectivity index (χ4n) is 2.74. The zero-order valence-electron chi connectivity index (χ0n) is 17.6. The van der Waals surface area contributed by atoms with Gasteiger partial charge < -0.3 is 0 Å². The number of alkyl halides is 9. The third-order valence-electron chi connectivity index (χ3n) is 4.54. The Morgan fingerprint density at radius 3 is 1.11 bits per heavy atom. The molecule has 0 atom stereocenters. The highest BCUT2D eigenvalue weighted by atomic mass is 127. The lowest BCUT2D eigenvalue weighted by molar-refractivity contribution is -0.382. The molecule has 36 heavy (non-hydrogen) atoms. The molecule has 0 bridgehead atoms. The van der Waals surface area contributed by atoms with Crippen LogP contribution in [0.2, 0.25) is 0 Å². The summed E-state index contributed by atoms with van der Waals surface area (Å²) in [5, 5.41) is -7.00. The Morgan fingerprint density at radius 2 is 0.833 bits per heavy atom. The molecule has 0 radical (unpaired) electrons. The zero-order valence-corrected chi connectivity index (χ0v) is 20.7. The Bertz CT molecular complexity index is 1180. The first-order valence-electron chi connectivity index (χ1n) is 9.32. The van der Waals surface area contributed by atoms with Crippen LogP contribution in [0.1, 0.15) is 0 Å². The van der Waals surface area contributed by atoms with E-state index >= 15 is 0 Å². The summed E-state index contributed by atoms with van der Waals surface area (Å²) in [6, 6.07) is 29.6. The Balaban J connectivity index is 0.000000352. The topological polar surface area (TPSA) is 54.4 Å². The molecule has 3 aromatic rings. The van der Waals surface area contributed by atoms with Crippen molar-refractivity contribution in [2.45, 2.75) is 23.3 Å². The van der Waals surface area contributed by atoms with Crippen molar-refractivity contribution in [2.24, 2.45) is 0 Å². The molecule has 1 N–H and O–H groups in total. The lowest BCUT2D eigenvalue weighted by Crippen LogP contribution is -2.63. The lowest BCUT2D eigenvalue weighted by atomic mass is 9.95. The lowest BCUT2D eigenvalue weighted by Gasteiger charge is -2.31. The summed E-state index contributed by atoms with van der Waals surface area (Å²) in [6.07, 6.45) is -7.13. The SMILES string of the molecule is I.O=S(=O)(O)C(F)(F)C(F)(F)C(F)(F)C(F)(F)F.c1ccc(-c2ccccc2-c2ccccc2)cc1. The van der Waals surface area contributed by atoms with Gasteiger partial charge in [-0.15, -0.1) is 24.0 Å². The Kier molecular flexibility index (Phi) is 10.0. The summed E-state index contributed by atoms with van der Waals surface area (Å²) in [5.41, 5.74) is 5.09. The van der Waals surface area contributed by atoms with Crippen molar-refractivity contribution in [3.63, 3.8) is 0 Å². The van der Waals surface area contributed by atoms with Crippen LogP contribution in [0.15, 0.2) is 84.9 Å². The number of halogens is 10. The van der Waals surface area contributed by atoms with E-state index < -0.39 is 33.4 Å². The maximum Gasteiger partial charge on any atom is 0.460 e. The minimum absolute atomic E-state index is 0. The van der Waals surface area contributed by atoms with Crippen molar-refractivity contribution in [1.82, 2.24) is 0 Å². The van der Waals surface area contributed by atoms with E-state index in [9.17, 15) is 47.9 Å². The van der Waals surface area contributed by atoms with E-state index in [1.54, 1.807) is 0 Å². The molecule has 0 saturated heterocycles. The van der Waals surface area contributed by atoms with Gasteiger partial charge in [0.05, 0.1) is 0 Å². The normalized spacial score (nSPS) is 12.7. The van der Waals surface area contributed by atoms with Crippen LogP contribution in [0.4, 0.5) is 39.5 Å². The van der Waals surface area contributed by atoms with Crippen molar-refractivity contribution in [3.05, 3.63) is 84.9 Å². The Labute approximate surface area is 216 Å². The maximum atomic E-state index is 12.2. The average molecular weight is 658 g/mol. The van der Waals surface area contributed by atoms with Crippen LogP contribution in [0.25, 0.3) is 22.3 Å². The molecular weight excluding hydrogens is 642 g/mol. The van der Waals surface area contributed by atoms with Crippen molar-refractivity contribution in [3.8, 4) is 22.3 Å². The fraction of sp³-hybridized carbons (Fsp3) is 0.182. The van der Waals surface area contributed by atoms with Gasteiger partial charge in [0.2, 0.25) is 0 Å². The molecule has 0 unspecified atom stereocenters. The van der Waals surface area contributed by atoms with Gasteiger partial charge in [-0.1, -0.05) is 84.9 Å².